The van der Waals surface area contributed by atoms with Gasteiger partial charge in [0.25, 0.3) is 0 Å². The Balaban J connectivity index is 2.12. The van der Waals surface area contributed by atoms with Crippen LogP contribution in [0.5, 0.6) is 0 Å². The van der Waals surface area contributed by atoms with E-state index in [0.717, 1.165) is 18.5 Å². The molecule has 0 unspecified atom stereocenters. The highest BCUT2D eigenvalue weighted by Gasteiger charge is 2.50. The highest BCUT2D eigenvalue weighted by Crippen LogP contribution is 2.46. The van der Waals surface area contributed by atoms with Crippen LogP contribution in [0.25, 0.3) is 0 Å². The van der Waals surface area contributed by atoms with E-state index in [0.29, 0.717) is 13.1 Å². The third-order valence-electron chi connectivity index (χ3n) is 3.64. The smallest absolute Gasteiger partial charge is 0.230 e. The van der Waals surface area contributed by atoms with Crippen LogP contribution in [0.15, 0.2) is 24.4 Å². The molecule has 0 saturated heterocycles. The summed E-state index contributed by atoms with van der Waals surface area (Å²) in [5, 5.41) is 0. The van der Waals surface area contributed by atoms with Crippen molar-refractivity contribution < 1.29 is 4.79 Å². The van der Waals surface area contributed by atoms with Gasteiger partial charge in [-0.2, -0.15) is 0 Å². The van der Waals surface area contributed by atoms with Crippen LogP contribution in [0.1, 0.15) is 32.4 Å². The van der Waals surface area contributed by atoms with E-state index in [-0.39, 0.29) is 17.4 Å². The molecule has 4 nitrogen and oxygen atoms in total. The SMILES string of the molecule is CC(C)N(Cc1ccccn1)C(=O)C1(CN)CC1. The van der Waals surface area contributed by atoms with Crippen molar-refractivity contribution in [1.29, 1.82) is 0 Å². The van der Waals surface area contributed by atoms with E-state index in [2.05, 4.69) is 4.98 Å². The molecule has 0 atom stereocenters. The molecule has 0 bridgehead atoms. The Morgan fingerprint density at radius 2 is 2.22 bits per heavy atom. The number of pyridine rings is 1. The topological polar surface area (TPSA) is 59.2 Å². The minimum atomic E-state index is -0.279. The van der Waals surface area contributed by atoms with Crippen LogP contribution in [-0.4, -0.2) is 28.4 Å². The summed E-state index contributed by atoms with van der Waals surface area (Å²) in [6.45, 7) is 5.09. The molecule has 1 saturated carbocycles. The second-order valence-corrected chi connectivity index (χ2v) is 5.33. The maximum Gasteiger partial charge on any atom is 0.230 e. The first kappa shape index (κ1) is 13.0. The predicted molar refractivity (Wildman–Crippen MR) is 70.6 cm³/mol. The zero-order valence-electron chi connectivity index (χ0n) is 11.1. The van der Waals surface area contributed by atoms with Crippen molar-refractivity contribution in [2.75, 3.05) is 6.54 Å². The minimum absolute atomic E-state index is 0.170. The number of aromatic nitrogens is 1. The molecule has 0 aromatic carbocycles. The lowest BCUT2D eigenvalue weighted by molar-refractivity contribution is -0.139. The lowest BCUT2D eigenvalue weighted by Gasteiger charge is -2.30. The van der Waals surface area contributed by atoms with Gasteiger partial charge in [-0.25, -0.2) is 0 Å². The van der Waals surface area contributed by atoms with E-state index in [1.165, 1.54) is 0 Å². The molecule has 18 heavy (non-hydrogen) atoms. The number of amides is 1. The quantitative estimate of drug-likeness (QED) is 0.859. The molecular formula is C14H21N3O. The van der Waals surface area contributed by atoms with E-state index >= 15 is 0 Å². The average Bonchev–Trinajstić information content (AvgIpc) is 3.17. The van der Waals surface area contributed by atoms with Crippen LogP contribution in [0, 0.1) is 5.41 Å². The number of rotatable bonds is 5. The molecule has 0 radical (unpaired) electrons. The van der Waals surface area contributed by atoms with Crippen molar-refractivity contribution in [3.63, 3.8) is 0 Å². The fourth-order valence-electron chi connectivity index (χ4n) is 2.12. The van der Waals surface area contributed by atoms with Gasteiger partial charge in [0.15, 0.2) is 0 Å². The number of hydrogen-bond acceptors (Lipinski definition) is 3. The molecule has 1 aliphatic carbocycles. The Morgan fingerprint density at radius 1 is 1.50 bits per heavy atom. The molecule has 1 aromatic rings. The van der Waals surface area contributed by atoms with Gasteiger partial charge in [-0.3, -0.25) is 9.78 Å². The molecular weight excluding hydrogens is 226 g/mol. The van der Waals surface area contributed by atoms with Gasteiger partial charge in [-0.05, 0) is 38.8 Å². The number of carbonyl (C=O) groups is 1. The first-order valence-corrected chi connectivity index (χ1v) is 6.50. The maximum atomic E-state index is 12.5. The van der Waals surface area contributed by atoms with Crippen molar-refractivity contribution in [2.24, 2.45) is 11.1 Å². The predicted octanol–water partition coefficient (Wildman–Crippen LogP) is 1.56. The van der Waals surface area contributed by atoms with Crippen LogP contribution < -0.4 is 5.73 Å². The summed E-state index contributed by atoms with van der Waals surface area (Å²) in [5.41, 5.74) is 6.38. The van der Waals surface area contributed by atoms with Gasteiger partial charge in [0.1, 0.15) is 0 Å². The Kier molecular flexibility index (Phi) is 3.66. The van der Waals surface area contributed by atoms with Crippen molar-refractivity contribution >= 4 is 5.91 Å². The van der Waals surface area contributed by atoms with E-state index in [1.807, 2.05) is 36.9 Å². The molecule has 98 valence electrons. The van der Waals surface area contributed by atoms with Gasteiger partial charge in [0.05, 0.1) is 17.7 Å². The summed E-state index contributed by atoms with van der Waals surface area (Å²) in [6.07, 6.45) is 3.61. The molecule has 1 aliphatic rings. The third-order valence-corrected chi connectivity index (χ3v) is 3.64. The minimum Gasteiger partial charge on any atom is -0.334 e. The summed E-state index contributed by atoms with van der Waals surface area (Å²) in [4.78, 5) is 18.7. The lowest BCUT2D eigenvalue weighted by Crippen LogP contribution is -2.43. The summed E-state index contributed by atoms with van der Waals surface area (Å²) >= 11 is 0. The highest BCUT2D eigenvalue weighted by atomic mass is 16.2. The molecule has 2 N–H and O–H groups in total. The average molecular weight is 247 g/mol. The van der Waals surface area contributed by atoms with Crippen molar-refractivity contribution in [2.45, 2.75) is 39.3 Å². The molecule has 0 spiro atoms. The number of nitrogens with zero attached hydrogens (tertiary/aromatic N) is 2. The summed E-state index contributed by atoms with van der Waals surface area (Å²) in [5.74, 6) is 0.186. The first-order valence-electron chi connectivity index (χ1n) is 6.50. The Labute approximate surface area is 108 Å². The fraction of sp³-hybridized carbons (Fsp3) is 0.571. The first-order chi connectivity index (χ1) is 8.59. The fourth-order valence-corrected chi connectivity index (χ4v) is 2.12. The second-order valence-electron chi connectivity index (χ2n) is 5.33. The standard InChI is InChI=1S/C14H21N3O/c1-11(2)17(9-12-5-3-4-8-16-12)13(18)14(10-15)6-7-14/h3-5,8,11H,6-7,9-10,15H2,1-2H3. The highest BCUT2D eigenvalue weighted by molar-refractivity contribution is 5.85. The van der Waals surface area contributed by atoms with E-state index in [1.54, 1.807) is 6.20 Å². The van der Waals surface area contributed by atoms with Crippen LogP contribution in [-0.2, 0) is 11.3 Å². The molecule has 1 aromatic heterocycles. The Hall–Kier alpha value is -1.42. The van der Waals surface area contributed by atoms with Gasteiger partial charge < -0.3 is 10.6 Å². The zero-order chi connectivity index (χ0) is 13.2. The molecule has 1 amide bonds. The van der Waals surface area contributed by atoms with Gasteiger partial charge in [0.2, 0.25) is 5.91 Å². The van der Waals surface area contributed by atoms with Gasteiger partial charge in [0, 0.05) is 18.8 Å². The third kappa shape index (κ3) is 2.53. The largest absolute Gasteiger partial charge is 0.334 e. The Bertz CT molecular complexity index is 412. The van der Waals surface area contributed by atoms with Crippen molar-refractivity contribution in [3.8, 4) is 0 Å². The normalized spacial score (nSPS) is 16.7. The Morgan fingerprint density at radius 3 is 2.67 bits per heavy atom. The van der Waals surface area contributed by atoms with Crippen LogP contribution in [0.2, 0.25) is 0 Å². The number of nitrogens with two attached hydrogens (primary N) is 1. The van der Waals surface area contributed by atoms with Crippen LogP contribution in [0.4, 0.5) is 0 Å². The molecule has 2 rings (SSSR count). The number of hydrogen-bond donors (Lipinski definition) is 1. The van der Waals surface area contributed by atoms with Crippen molar-refractivity contribution in [1.82, 2.24) is 9.88 Å². The van der Waals surface area contributed by atoms with E-state index < -0.39 is 0 Å². The zero-order valence-corrected chi connectivity index (χ0v) is 11.1. The van der Waals surface area contributed by atoms with Gasteiger partial charge >= 0.3 is 0 Å². The summed E-state index contributed by atoms with van der Waals surface area (Å²) in [6, 6.07) is 5.95. The van der Waals surface area contributed by atoms with Gasteiger partial charge in [-0.1, -0.05) is 6.07 Å². The van der Waals surface area contributed by atoms with Crippen LogP contribution in [0.3, 0.4) is 0 Å². The second kappa shape index (κ2) is 5.06. The van der Waals surface area contributed by atoms with E-state index in [4.69, 9.17) is 5.73 Å². The molecule has 0 aliphatic heterocycles. The monoisotopic (exact) mass is 247 g/mol. The lowest BCUT2D eigenvalue weighted by atomic mass is 10.0. The maximum absolute atomic E-state index is 12.5. The number of carbonyl (C=O) groups excluding carboxylic acids is 1. The molecule has 1 heterocycles. The molecule has 1 fully saturated rings. The summed E-state index contributed by atoms with van der Waals surface area (Å²) < 4.78 is 0. The van der Waals surface area contributed by atoms with Crippen molar-refractivity contribution in [3.05, 3.63) is 30.1 Å². The van der Waals surface area contributed by atoms with E-state index in [9.17, 15) is 4.79 Å². The van der Waals surface area contributed by atoms with Gasteiger partial charge in [-0.15, -0.1) is 0 Å². The molecule has 4 heteroatoms. The van der Waals surface area contributed by atoms with Crippen LogP contribution >= 0.6 is 0 Å². The summed E-state index contributed by atoms with van der Waals surface area (Å²) in [7, 11) is 0.